The van der Waals surface area contributed by atoms with Gasteiger partial charge in [-0.05, 0) is 131 Å². The smallest absolute Gasteiger partial charge is 0.0703 e. The molecule has 7 aromatic rings. The predicted octanol–water partition coefficient (Wildman–Crippen LogP) is 16.0. The van der Waals surface area contributed by atoms with E-state index in [-0.39, 0.29) is 5.41 Å². The predicted molar refractivity (Wildman–Crippen MR) is 258 cm³/mol. The van der Waals surface area contributed by atoms with Crippen LogP contribution in [0, 0.1) is 5.92 Å². The van der Waals surface area contributed by atoms with E-state index in [4.69, 9.17) is 0 Å². The quantitative estimate of drug-likeness (QED) is 0.171. The topological polar surface area (TPSA) is 9.72 Å². The van der Waals surface area contributed by atoms with Crippen molar-refractivity contribution in [3.8, 4) is 0 Å². The molecule has 0 aromatic heterocycles. The summed E-state index contributed by atoms with van der Waals surface area (Å²) in [5.74, 6) is 0.308. The number of nitrogens with zero attached hydrogens (tertiary/aromatic N) is 3. The third kappa shape index (κ3) is 5.73. The Hall–Kier alpha value is -6.75. The lowest BCUT2D eigenvalue weighted by Gasteiger charge is -2.42. The molecular formula is C57H45N3S. The first-order chi connectivity index (χ1) is 30.0. The minimum absolute atomic E-state index is 0.121. The highest BCUT2D eigenvalue weighted by molar-refractivity contribution is 7.99. The van der Waals surface area contributed by atoms with Crippen molar-refractivity contribution in [2.45, 2.75) is 48.3 Å². The second-order valence-electron chi connectivity index (χ2n) is 17.2. The fraction of sp³-hybridized carbons (Fsp3) is 0.123. The van der Waals surface area contributed by atoms with Crippen LogP contribution in [0.4, 0.5) is 39.8 Å². The van der Waals surface area contributed by atoms with Crippen molar-refractivity contribution in [1.82, 2.24) is 0 Å². The maximum atomic E-state index is 2.55. The second kappa shape index (κ2) is 14.2. The zero-order valence-electron chi connectivity index (χ0n) is 34.4. The summed E-state index contributed by atoms with van der Waals surface area (Å²) in [7, 11) is 0. The van der Waals surface area contributed by atoms with E-state index in [0.29, 0.717) is 5.92 Å². The van der Waals surface area contributed by atoms with Gasteiger partial charge in [-0.15, -0.1) is 0 Å². The average Bonchev–Trinajstić information content (AvgIpc) is 3.53. The highest BCUT2D eigenvalue weighted by Crippen LogP contribution is 2.56. The maximum Gasteiger partial charge on any atom is 0.0703 e. The van der Waals surface area contributed by atoms with Crippen molar-refractivity contribution < 1.29 is 0 Å². The zero-order chi connectivity index (χ0) is 40.7. The van der Waals surface area contributed by atoms with E-state index in [1.165, 1.54) is 99.6 Å². The van der Waals surface area contributed by atoms with Gasteiger partial charge in [-0.3, -0.25) is 0 Å². The SMILES string of the molecule is CC1(C)C2=CC(/C=C/c3cccc4c(N5C6=C(C=CCC6)N(c6ccccc6)c6ccccc65)cccc34)CC=C2c2ccc(N3c4ccccc4Sc4ccccc43)cc21. The van der Waals surface area contributed by atoms with Crippen LogP contribution in [0.5, 0.6) is 0 Å². The summed E-state index contributed by atoms with van der Waals surface area (Å²) in [6, 6.07) is 58.1. The average molecular weight is 804 g/mol. The number of rotatable bonds is 5. The largest absolute Gasteiger partial charge is 0.309 e. The molecule has 1 unspecified atom stereocenters. The van der Waals surface area contributed by atoms with Crippen molar-refractivity contribution >= 4 is 74.0 Å². The minimum atomic E-state index is -0.121. The van der Waals surface area contributed by atoms with Crippen LogP contribution in [0.1, 0.15) is 49.8 Å². The lowest BCUT2D eigenvalue weighted by atomic mass is 9.78. The van der Waals surface area contributed by atoms with E-state index in [9.17, 15) is 0 Å². The summed E-state index contributed by atoms with van der Waals surface area (Å²) < 4.78 is 0. The van der Waals surface area contributed by atoms with Gasteiger partial charge >= 0.3 is 0 Å². The van der Waals surface area contributed by atoms with Gasteiger partial charge in [-0.2, -0.15) is 0 Å². The number of para-hydroxylation sites is 5. The van der Waals surface area contributed by atoms with Gasteiger partial charge in [0.2, 0.25) is 0 Å². The number of hydrogen-bond donors (Lipinski definition) is 0. The molecule has 12 rings (SSSR count). The molecule has 0 amide bonds. The van der Waals surface area contributed by atoms with Crippen molar-refractivity contribution in [3.63, 3.8) is 0 Å². The molecule has 7 aromatic carbocycles. The standard InChI is InChI=1S/C57H45N3S/c1-57(2)46-36-38(31-34-43(46)44-35-33-41(37-47(44)57)59-53-25-10-12-28-55(53)61-56-29-13-11-26-54(56)59)30-32-39-16-14-20-45-42(39)19-15-27-48(45)60-51-23-8-6-21-49(51)58(40-17-4-3-5-18-40)50-22-7-9-24-52(50)60/h3-8,10-23,25-30,32-38H,9,24,31H2,1-2H3/b32-30+. The monoisotopic (exact) mass is 803 g/mol. The van der Waals surface area contributed by atoms with Crippen LogP contribution in [-0.2, 0) is 5.41 Å². The van der Waals surface area contributed by atoms with Crippen LogP contribution in [0.3, 0.4) is 0 Å². The Morgan fingerprint density at radius 3 is 2.07 bits per heavy atom. The van der Waals surface area contributed by atoms with Crippen molar-refractivity contribution in [2.75, 3.05) is 14.7 Å². The molecule has 2 aliphatic heterocycles. The Morgan fingerprint density at radius 2 is 1.28 bits per heavy atom. The summed E-state index contributed by atoms with van der Waals surface area (Å²) in [6.07, 6.45) is 17.5. The normalized spacial score (nSPS) is 18.3. The highest BCUT2D eigenvalue weighted by Gasteiger charge is 2.40. The molecule has 294 valence electrons. The third-order valence-corrected chi connectivity index (χ3v) is 14.4. The highest BCUT2D eigenvalue weighted by atomic mass is 32.2. The lowest BCUT2D eigenvalue weighted by molar-refractivity contribution is 0.645. The third-order valence-electron chi connectivity index (χ3n) is 13.3. The molecule has 0 saturated heterocycles. The van der Waals surface area contributed by atoms with E-state index >= 15 is 0 Å². The van der Waals surface area contributed by atoms with Gasteiger partial charge in [0.25, 0.3) is 0 Å². The summed E-state index contributed by atoms with van der Waals surface area (Å²) in [6.45, 7) is 4.82. The van der Waals surface area contributed by atoms with E-state index in [0.717, 1.165) is 19.3 Å². The first-order valence-electron chi connectivity index (χ1n) is 21.6. The minimum Gasteiger partial charge on any atom is -0.309 e. The van der Waals surface area contributed by atoms with E-state index in [1.54, 1.807) is 0 Å². The molecule has 0 radical (unpaired) electrons. The second-order valence-corrected chi connectivity index (χ2v) is 18.3. The Kier molecular flexibility index (Phi) is 8.40. The number of allylic oxidation sites excluding steroid dienone is 8. The Balaban J connectivity index is 0.881. The molecule has 2 heterocycles. The molecule has 61 heavy (non-hydrogen) atoms. The number of anilines is 7. The molecule has 0 spiro atoms. The van der Waals surface area contributed by atoms with Crippen LogP contribution < -0.4 is 14.7 Å². The summed E-state index contributed by atoms with van der Waals surface area (Å²) >= 11 is 1.86. The van der Waals surface area contributed by atoms with Crippen LogP contribution >= 0.6 is 11.8 Å². The molecule has 3 aliphatic carbocycles. The summed E-state index contributed by atoms with van der Waals surface area (Å²) in [5, 5.41) is 2.53. The van der Waals surface area contributed by atoms with Gasteiger partial charge in [-0.25, -0.2) is 0 Å². The van der Waals surface area contributed by atoms with Gasteiger partial charge in [0, 0.05) is 37.7 Å². The van der Waals surface area contributed by atoms with Crippen molar-refractivity contribution in [1.29, 1.82) is 0 Å². The molecule has 0 N–H and O–H groups in total. The fourth-order valence-electron chi connectivity index (χ4n) is 10.4. The van der Waals surface area contributed by atoms with Crippen LogP contribution in [-0.4, -0.2) is 0 Å². The fourth-order valence-corrected chi connectivity index (χ4v) is 11.5. The van der Waals surface area contributed by atoms with Crippen LogP contribution in [0.2, 0.25) is 0 Å². The molecule has 0 saturated carbocycles. The first-order valence-corrected chi connectivity index (χ1v) is 22.4. The van der Waals surface area contributed by atoms with E-state index in [2.05, 4.69) is 223 Å². The number of hydrogen-bond acceptors (Lipinski definition) is 4. The zero-order valence-corrected chi connectivity index (χ0v) is 35.2. The van der Waals surface area contributed by atoms with Gasteiger partial charge < -0.3 is 14.7 Å². The molecule has 1 atom stereocenters. The van der Waals surface area contributed by atoms with Crippen molar-refractivity contribution in [2.24, 2.45) is 5.92 Å². The molecule has 3 nitrogen and oxygen atoms in total. The Labute approximate surface area is 363 Å². The molecule has 0 fully saturated rings. The van der Waals surface area contributed by atoms with E-state index < -0.39 is 0 Å². The van der Waals surface area contributed by atoms with E-state index in [1.807, 2.05) is 11.8 Å². The lowest BCUT2D eigenvalue weighted by Crippen LogP contribution is -2.32. The van der Waals surface area contributed by atoms with Crippen LogP contribution in [0.25, 0.3) is 22.4 Å². The van der Waals surface area contributed by atoms with Crippen LogP contribution in [0.15, 0.2) is 215 Å². The number of fused-ring (bicyclic) bond motifs is 7. The van der Waals surface area contributed by atoms with Gasteiger partial charge in [0.1, 0.15) is 0 Å². The van der Waals surface area contributed by atoms with Gasteiger partial charge in [0.05, 0.1) is 34.1 Å². The summed E-state index contributed by atoms with van der Waals surface area (Å²) in [4.78, 5) is 10.0. The maximum absolute atomic E-state index is 2.55. The molecule has 0 bridgehead atoms. The Bertz CT molecular complexity index is 3050. The number of benzene rings is 7. The van der Waals surface area contributed by atoms with Crippen molar-refractivity contribution in [3.05, 3.63) is 222 Å². The Morgan fingerprint density at radius 1 is 0.607 bits per heavy atom. The molecule has 5 aliphatic rings. The molecular weight excluding hydrogens is 759 g/mol. The van der Waals surface area contributed by atoms with Gasteiger partial charge in [-0.1, -0.05) is 147 Å². The molecule has 4 heteroatoms. The summed E-state index contributed by atoms with van der Waals surface area (Å²) in [5.41, 5.74) is 17.8. The van der Waals surface area contributed by atoms with Gasteiger partial charge in [0.15, 0.2) is 0 Å². The first kappa shape index (κ1) is 36.1.